The fourth-order valence-corrected chi connectivity index (χ4v) is 5.00. The van der Waals surface area contributed by atoms with Crippen molar-refractivity contribution in [3.8, 4) is 17.6 Å². The number of fused-ring (bicyclic) bond motifs is 3. The van der Waals surface area contributed by atoms with Gasteiger partial charge < -0.3 is 15.2 Å². The number of thiophene rings is 1. The Kier molecular flexibility index (Phi) is 4.66. The van der Waals surface area contributed by atoms with Crippen molar-refractivity contribution in [2.24, 2.45) is 5.73 Å². The van der Waals surface area contributed by atoms with E-state index < -0.39 is 11.9 Å². The van der Waals surface area contributed by atoms with Gasteiger partial charge in [0.1, 0.15) is 17.4 Å². The molecule has 0 bridgehead atoms. The van der Waals surface area contributed by atoms with Gasteiger partial charge in [0.05, 0.1) is 16.4 Å². The van der Waals surface area contributed by atoms with Crippen LogP contribution in [-0.2, 0) is 0 Å². The molecule has 6 heteroatoms. The zero-order valence-corrected chi connectivity index (χ0v) is 17.1. The topological polar surface area (TPSA) is 85.3 Å². The second-order valence-electron chi connectivity index (χ2n) is 7.01. The van der Waals surface area contributed by atoms with Crippen molar-refractivity contribution in [2.45, 2.75) is 5.92 Å². The van der Waals surface area contributed by atoms with E-state index in [4.69, 9.17) is 15.2 Å². The smallest absolute Gasteiger partial charge is 0.343 e. The number of esters is 1. The van der Waals surface area contributed by atoms with Gasteiger partial charge in [-0.25, -0.2) is 4.79 Å². The summed E-state index contributed by atoms with van der Waals surface area (Å²) in [7, 11) is 0. The molecule has 2 heterocycles. The first-order chi connectivity index (χ1) is 15.2. The summed E-state index contributed by atoms with van der Waals surface area (Å²) in [6.07, 6.45) is 0. The lowest BCUT2D eigenvalue weighted by molar-refractivity contribution is 0.0733. The van der Waals surface area contributed by atoms with Gasteiger partial charge in [0, 0.05) is 15.6 Å². The molecule has 1 atom stereocenters. The van der Waals surface area contributed by atoms with Crippen LogP contribution in [0.5, 0.6) is 11.5 Å². The standard InChI is InChI=1S/C25H16N2O3S/c26-14-18-21(23-22(30-24(18)27)17-11-5-7-13-20(17)31-23)16-10-4-6-12-19(16)29-25(28)15-8-2-1-3-9-15/h1-13,21H,27H2/t21-/m0/s1. The van der Waals surface area contributed by atoms with Crippen LogP contribution in [0.1, 0.15) is 26.7 Å². The average molecular weight is 424 g/mol. The number of hydrogen-bond acceptors (Lipinski definition) is 6. The molecule has 150 valence electrons. The van der Waals surface area contributed by atoms with Crippen LogP contribution in [0.25, 0.3) is 10.1 Å². The van der Waals surface area contributed by atoms with Gasteiger partial charge in [-0.1, -0.05) is 48.5 Å². The lowest BCUT2D eigenvalue weighted by Gasteiger charge is -2.25. The number of nitriles is 1. The minimum atomic E-state index is -0.495. The van der Waals surface area contributed by atoms with E-state index in [1.807, 2.05) is 42.5 Å². The number of carbonyl (C=O) groups excluding carboxylic acids is 1. The van der Waals surface area contributed by atoms with Crippen molar-refractivity contribution in [1.82, 2.24) is 0 Å². The Hall–Kier alpha value is -4.08. The van der Waals surface area contributed by atoms with Gasteiger partial charge in [0.15, 0.2) is 5.75 Å². The van der Waals surface area contributed by atoms with Gasteiger partial charge in [0.25, 0.3) is 0 Å². The number of rotatable bonds is 3. The van der Waals surface area contributed by atoms with E-state index in [1.165, 1.54) is 0 Å². The number of hydrogen-bond donors (Lipinski definition) is 1. The lowest BCUT2D eigenvalue weighted by atomic mass is 9.87. The highest BCUT2D eigenvalue weighted by Crippen LogP contribution is 2.51. The predicted molar refractivity (Wildman–Crippen MR) is 119 cm³/mol. The maximum Gasteiger partial charge on any atom is 0.343 e. The number of benzene rings is 3. The quantitative estimate of drug-likeness (QED) is 0.354. The molecule has 0 unspecified atom stereocenters. The molecule has 0 fully saturated rings. The van der Waals surface area contributed by atoms with E-state index in [-0.39, 0.29) is 5.88 Å². The van der Waals surface area contributed by atoms with Crippen LogP contribution in [0.4, 0.5) is 0 Å². The van der Waals surface area contributed by atoms with E-state index in [0.29, 0.717) is 28.2 Å². The Morgan fingerprint density at radius 2 is 1.71 bits per heavy atom. The molecule has 1 aliphatic rings. The molecular weight excluding hydrogens is 408 g/mol. The highest BCUT2D eigenvalue weighted by atomic mass is 32.1. The molecule has 0 spiro atoms. The van der Waals surface area contributed by atoms with Crippen LogP contribution in [0.3, 0.4) is 0 Å². The van der Waals surface area contributed by atoms with Crippen molar-refractivity contribution in [1.29, 1.82) is 5.26 Å². The fourth-order valence-electron chi connectivity index (χ4n) is 3.74. The Morgan fingerprint density at radius 1 is 1.00 bits per heavy atom. The molecule has 4 aromatic rings. The van der Waals surface area contributed by atoms with Crippen LogP contribution in [0.15, 0.2) is 90.3 Å². The Labute approximate surface area is 182 Å². The number of allylic oxidation sites excluding steroid dienone is 1. The lowest BCUT2D eigenvalue weighted by Crippen LogP contribution is -2.20. The maximum absolute atomic E-state index is 12.7. The first-order valence-electron chi connectivity index (χ1n) is 9.62. The first kappa shape index (κ1) is 18.9. The Morgan fingerprint density at radius 3 is 2.52 bits per heavy atom. The highest BCUT2D eigenvalue weighted by Gasteiger charge is 2.35. The first-order valence-corrected chi connectivity index (χ1v) is 10.4. The molecule has 31 heavy (non-hydrogen) atoms. The average Bonchev–Trinajstić information content (AvgIpc) is 3.17. The summed E-state index contributed by atoms with van der Waals surface area (Å²) in [5.41, 5.74) is 7.58. The number of nitrogens with zero attached hydrogens (tertiary/aromatic N) is 1. The zero-order valence-electron chi connectivity index (χ0n) is 16.2. The molecular formula is C25H16N2O3S. The molecule has 0 saturated heterocycles. The summed E-state index contributed by atoms with van der Waals surface area (Å²) in [6, 6.07) is 26.1. The summed E-state index contributed by atoms with van der Waals surface area (Å²) in [6.45, 7) is 0. The highest BCUT2D eigenvalue weighted by molar-refractivity contribution is 7.19. The number of para-hydroxylation sites is 1. The molecule has 5 nitrogen and oxygen atoms in total. The summed E-state index contributed by atoms with van der Waals surface area (Å²) in [5, 5.41) is 10.8. The molecule has 5 rings (SSSR count). The zero-order chi connectivity index (χ0) is 21.4. The SMILES string of the molecule is N#CC1=C(N)Oc2c(sc3ccccc23)[C@H]1c1ccccc1OC(=O)c1ccccc1. The van der Waals surface area contributed by atoms with Crippen molar-refractivity contribution in [2.75, 3.05) is 0 Å². The van der Waals surface area contributed by atoms with Gasteiger partial charge in [-0.3, -0.25) is 0 Å². The third-order valence-corrected chi connectivity index (χ3v) is 6.38. The molecule has 3 aromatic carbocycles. The largest absolute Gasteiger partial charge is 0.439 e. The van der Waals surface area contributed by atoms with E-state index in [0.717, 1.165) is 15.0 Å². The van der Waals surface area contributed by atoms with Gasteiger partial charge in [-0.15, -0.1) is 11.3 Å². The van der Waals surface area contributed by atoms with Gasteiger partial charge in [-0.05, 0) is 30.3 Å². The van der Waals surface area contributed by atoms with Crippen molar-refractivity contribution in [3.05, 3.63) is 106 Å². The van der Waals surface area contributed by atoms with Gasteiger partial charge >= 0.3 is 5.97 Å². The molecule has 0 radical (unpaired) electrons. The van der Waals surface area contributed by atoms with Crippen molar-refractivity contribution >= 4 is 27.4 Å². The van der Waals surface area contributed by atoms with Crippen LogP contribution in [0, 0.1) is 11.3 Å². The Bertz CT molecular complexity index is 1380. The second-order valence-corrected chi connectivity index (χ2v) is 8.09. The third kappa shape index (κ3) is 3.21. The van der Waals surface area contributed by atoms with E-state index >= 15 is 0 Å². The summed E-state index contributed by atoms with van der Waals surface area (Å²) >= 11 is 1.54. The van der Waals surface area contributed by atoms with Gasteiger partial charge in [0.2, 0.25) is 5.88 Å². The second kappa shape index (κ2) is 7.63. The number of nitrogens with two attached hydrogens (primary N) is 1. The molecule has 0 aliphatic carbocycles. The number of ether oxygens (including phenoxy) is 2. The van der Waals surface area contributed by atoms with E-state index in [2.05, 4.69) is 6.07 Å². The normalized spacial score (nSPS) is 15.1. The summed E-state index contributed by atoms with van der Waals surface area (Å²) in [5.74, 6) is 0.129. The van der Waals surface area contributed by atoms with E-state index in [9.17, 15) is 10.1 Å². The molecule has 2 N–H and O–H groups in total. The van der Waals surface area contributed by atoms with Crippen molar-refractivity contribution < 1.29 is 14.3 Å². The predicted octanol–water partition coefficient (Wildman–Crippen LogP) is 5.34. The van der Waals surface area contributed by atoms with Crippen LogP contribution in [0.2, 0.25) is 0 Å². The minimum Gasteiger partial charge on any atom is -0.439 e. The molecule has 0 saturated carbocycles. The Balaban J connectivity index is 1.65. The number of carbonyl (C=O) groups is 1. The van der Waals surface area contributed by atoms with Crippen molar-refractivity contribution in [3.63, 3.8) is 0 Å². The minimum absolute atomic E-state index is 0.0627. The summed E-state index contributed by atoms with van der Waals surface area (Å²) in [4.78, 5) is 13.6. The molecule has 0 amide bonds. The van der Waals surface area contributed by atoms with E-state index in [1.54, 1.807) is 47.7 Å². The van der Waals surface area contributed by atoms with Crippen LogP contribution in [-0.4, -0.2) is 5.97 Å². The molecule has 1 aromatic heterocycles. The van der Waals surface area contributed by atoms with Crippen LogP contribution >= 0.6 is 11.3 Å². The molecule has 1 aliphatic heterocycles. The monoisotopic (exact) mass is 424 g/mol. The maximum atomic E-state index is 12.7. The summed E-state index contributed by atoms with van der Waals surface area (Å²) < 4.78 is 12.7. The third-order valence-electron chi connectivity index (χ3n) is 5.17. The van der Waals surface area contributed by atoms with Gasteiger partial charge in [-0.2, -0.15) is 5.26 Å². The van der Waals surface area contributed by atoms with Crippen LogP contribution < -0.4 is 15.2 Å². The fraction of sp³-hybridized carbons (Fsp3) is 0.0400.